The van der Waals surface area contributed by atoms with E-state index in [-0.39, 0.29) is 25.7 Å². The number of esters is 1. The molecule has 298 valence electrons. The van der Waals surface area contributed by atoms with Crippen molar-refractivity contribution < 1.29 is 37.9 Å². The van der Waals surface area contributed by atoms with Gasteiger partial charge < -0.3 is 20.1 Å². The zero-order valence-corrected chi connectivity index (χ0v) is 33.5. The van der Waals surface area contributed by atoms with Crippen molar-refractivity contribution in [1.29, 1.82) is 0 Å². The molecular formula is C40H80NO8P. The van der Waals surface area contributed by atoms with Gasteiger partial charge in [0.2, 0.25) is 5.91 Å². The highest BCUT2D eigenvalue weighted by molar-refractivity contribution is 7.47. The fourth-order valence-corrected chi connectivity index (χ4v) is 6.84. The second-order valence-corrected chi connectivity index (χ2v) is 15.8. The average Bonchev–Trinajstić information content (AvgIpc) is 3.10. The normalized spacial score (nSPS) is 13.3. The van der Waals surface area contributed by atoms with Crippen LogP contribution in [0, 0.1) is 0 Å². The smallest absolute Gasteiger partial charge is 0.463 e. The summed E-state index contributed by atoms with van der Waals surface area (Å²) in [5, 5.41) is 12.6. The number of phosphoric acid groups is 1. The number of amides is 1. The van der Waals surface area contributed by atoms with Crippen LogP contribution in [0.1, 0.15) is 213 Å². The highest BCUT2D eigenvalue weighted by Gasteiger charge is 2.23. The molecule has 0 aliphatic heterocycles. The van der Waals surface area contributed by atoms with E-state index in [1.54, 1.807) is 0 Å². The molecule has 0 bridgehead atoms. The van der Waals surface area contributed by atoms with Gasteiger partial charge in [-0.15, -0.1) is 0 Å². The van der Waals surface area contributed by atoms with Crippen molar-refractivity contribution in [2.75, 3.05) is 26.4 Å². The second-order valence-electron chi connectivity index (χ2n) is 14.3. The maximum Gasteiger partial charge on any atom is 0.472 e. The number of phosphoric ester groups is 1. The molecule has 50 heavy (non-hydrogen) atoms. The van der Waals surface area contributed by atoms with Crippen molar-refractivity contribution in [1.82, 2.24) is 5.32 Å². The van der Waals surface area contributed by atoms with Gasteiger partial charge in [0.15, 0.2) is 0 Å². The zero-order valence-electron chi connectivity index (χ0n) is 32.6. The Kier molecular flexibility index (Phi) is 37.0. The van der Waals surface area contributed by atoms with Gasteiger partial charge in [-0.25, -0.2) is 4.57 Å². The van der Waals surface area contributed by atoms with Crippen LogP contribution in [-0.2, 0) is 27.9 Å². The number of nitrogens with one attached hydrogen (secondary N) is 1. The first-order chi connectivity index (χ1) is 24.3. The monoisotopic (exact) mass is 734 g/mol. The van der Waals surface area contributed by atoms with Crippen LogP contribution >= 0.6 is 7.82 Å². The first kappa shape index (κ1) is 49.0. The Morgan fingerprint density at radius 3 is 1.30 bits per heavy atom. The number of ether oxygens (including phenoxy) is 1. The molecule has 0 heterocycles. The lowest BCUT2D eigenvalue weighted by Gasteiger charge is -2.15. The molecule has 0 saturated heterocycles. The Bertz CT molecular complexity index is 799. The van der Waals surface area contributed by atoms with Crippen molar-refractivity contribution in [3.8, 4) is 0 Å². The molecule has 0 aromatic rings. The number of carbonyl (C=O) groups is 2. The summed E-state index contributed by atoms with van der Waals surface area (Å²) < 4.78 is 26.8. The van der Waals surface area contributed by atoms with E-state index in [2.05, 4.69) is 19.2 Å². The van der Waals surface area contributed by atoms with Crippen LogP contribution < -0.4 is 5.32 Å². The Balaban J connectivity index is 3.51. The van der Waals surface area contributed by atoms with E-state index in [4.69, 9.17) is 13.8 Å². The first-order valence-corrected chi connectivity index (χ1v) is 22.5. The molecule has 9 nitrogen and oxygen atoms in total. The van der Waals surface area contributed by atoms with Gasteiger partial charge in [-0.2, -0.15) is 0 Å². The summed E-state index contributed by atoms with van der Waals surface area (Å²) in [5.41, 5.74) is 0. The van der Waals surface area contributed by atoms with Crippen molar-refractivity contribution in [2.45, 2.75) is 219 Å². The largest absolute Gasteiger partial charge is 0.472 e. The van der Waals surface area contributed by atoms with E-state index in [9.17, 15) is 24.2 Å². The van der Waals surface area contributed by atoms with E-state index >= 15 is 0 Å². The summed E-state index contributed by atoms with van der Waals surface area (Å²) in [6.07, 6.45) is 36.2. The summed E-state index contributed by atoms with van der Waals surface area (Å²) in [6, 6.07) is 0. The average molecular weight is 734 g/mol. The SMILES string of the molecule is CCCCCCCCCCCCCCCCCCCCCCCC(=O)OCC(O)COP(=O)(O)OCCNC(=O)CCCCCCCCCC. The lowest BCUT2D eigenvalue weighted by Crippen LogP contribution is -2.27. The molecule has 0 rings (SSSR count). The van der Waals surface area contributed by atoms with E-state index in [1.165, 1.54) is 148 Å². The molecule has 0 spiro atoms. The van der Waals surface area contributed by atoms with E-state index in [1.807, 2.05) is 0 Å². The lowest BCUT2D eigenvalue weighted by atomic mass is 10.0. The minimum Gasteiger partial charge on any atom is -0.463 e. The van der Waals surface area contributed by atoms with Gasteiger partial charge in [0.1, 0.15) is 12.7 Å². The summed E-state index contributed by atoms with van der Waals surface area (Å²) in [6.45, 7) is 3.55. The van der Waals surface area contributed by atoms with Crippen molar-refractivity contribution in [3.63, 3.8) is 0 Å². The van der Waals surface area contributed by atoms with Crippen LogP contribution in [0.4, 0.5) is 0 Å². The molecule has 2 unspecified atom stereocenters. The molecular weight excluding hydrogens is 653 g/mol. The van der Waals surface area contributed by atoms with Crippen molar-refractivity contribution >= 4 is 19.7 Å². The number of unbranched alkanes of at least 4 members (excludes halogenated alkanes) is 27. The van der Waals surface area contributed by atoms with Crippen LogP contribution in [-0.4, -0.2) is 54.3 Å². The molecule has 0 aliphatic carbocycles. The van der Waals surface area contributed by atoms with E-state index in [0.29, 0.717) is 12.8 Å². The van der Waals surface area contributed by atoms with Crippen LogP contribution in [0.15, 0.2) is 0 Å². The second kappa shape index (κ2) is 37.8. The maximum atomic E-state index is 12.0. The van der Waals surface area contributed by atoms with Gasteiger partial charge in [-0.05, 0) is 12.8 Å². The summed E-state index contributed by atoms with van der Waals surface area (Å²) in [4.78, 5) is 33.7. The van der Waals surface area contributed by atoms with E-state index in [0.717, 1.165) is 38.5 Å². The predicted octanol–water partition coefficient (Wildman–Crippen LogP) is 11.3. The molecule has 0 aliphatic rings. The number of hydrogen-bond acceptors (Lipinski definition) is 7. The number of hydrogen-bond donors (Lipinski definition) is 3. The van der Waals surface area contributed by atoms with Gasteiger partial charge in [0.25, 0.3) is 0 Å². The fourth-order valence-electron chi connectivity index (χ4n) is 6.09. The summed E-state index contributed by atoms with van der Waals surface area (Å²) in [7, 11) is -4.40. The first-order valence-electron chi connectivity index (χ1n) is 21.0. The third-order valence-electron chi connectivity index (χ3n) is 9.29. The van der Waals surface area contributed by atoms with Crippen molar-refractivity contribution in [2.24, 2.45) is 0 Å². The van der Waals surface area contributed by atoms with Crippen LogP contribution in [0.3, 0.4) is 0 Å². The third kappa shape index (κ3) is 38.2. The maximum absolute atomic E-state index is 12.0. The zero-order chi connectivity index (χ0) is 36.8. The van der Waals surface area contributed by atoms with Crippen LogP contribution in [0.5, 0.6) is 0 Å². The van der Waals surface area contributed by atoms with Gasteiger partial charge in [-0.3, -0.25) is 18.6 Å². The standard InChI is InChI=1S/C40H80NO8P/c1-3-5-7-9-11-13-14-15-16-17-18-19-20-21-22-23-24-25-27-29-31-33-40(44)47-36-38(42)37-49-50(45,46)48-35-34-41-39(43)32-30-28-26-12-10-8-6-4-2/h38,42H,3-37H2,1-2H3,(H,41,43)(H,45,46). The molecule has 0 fully saturated rings. The summed E-state index contributed by atoms with van der Waals surface area (Å²) in [5.74, 6) is -0.510. The molecule has 1 amide bonds. The Morgan fingerprint density at radius 1 is 0.540 bits per heavy atom. The predicted molar refractivity (Wildman–Crippen MR) is 206 cm³/mol. The summed E-state index contributed by atoms with van der Waals surface area (Å²) >= 11 is 0. The molecule has 0 aromatic carbocycles. The van der Waals surface area contributed by atoms with Gasteiger partial charge in [0, 0.05) is 19.4 Å². The topological polar surface area (TPSA) is 131 Å². The molecule has 3 N–H and O–H groups in total. The molecule has 0 aromatic heterocycles. The van der Waals surface area contributed by atoms with Gasteiger partial charge in [0.05, 0.1) is 13.2 Å². The highest BCUT2D eigenvalue weighted by atomic mass is 31.2. The molecule has 0 saturated carbocycles. The van der Waals surface area contributed by atoms with Crippen LogP contribution in [0.25, 0.3) is 0 Å². The van der Waals surface area contributed by atoms with E-state index < -0.39 is 26.5 Å². The third-order valence-corrected chi connectivity index (χ3v) is 10.3. The minimum atomic E-state index is -4.40. The lowest BCUT2D eigenvalue weighted by molar-refractivity contribution is -0.147. The van der Waals surface area contributed by atoms with Crippen LogP contribution in [0.2, 0.25) is 0 Å². The fraction of sp³-hybridized carbons (Fsp3) is 0.950. The Morgan fingerprint density at radius 2 is 0.900 bits per heavy atom. The highest BCUT2D eigenvalue weighted by Crippen LogP contribution is 2.42. The van der Waals surface area contributed by atoms with Crippen molar-refractivity contribution in [3.05, 3.63) is 0 Å². The number of aliphatic hydroxyl groups excluding tert-OH is 1. The Hall–Kier alpha value is -0.990. The molecule has 0 radical (unpaired) electrons. The number of aliphatic hydroxyl groups is 1. The minimum absolute atomic E-state index is 0.0868. The van der Waals surface area contributed by atoms with Gasteiger partial charge in [-0.1, -0.05) is 187 Å². The number of rotatable bonds is 40. The number of carbonyl (C=O) groups excluding carboxylic acids is 2. The van der Waals surface area contributed by atoms with Gasteiger partial charge >= 0.3 is 13.8 Å². The Labute approximate surface area is 307 Å². The quantitative estimate of drug-likeness (QED) is 0.0322. The molecule has 10 heteroatoms. The molecule has 2 atom stereocenters.